The van der Waals surface area contributed by atoms with Crippen molar-refractivity contribution in [3.63, 3.8) is 0 Å². The van der Waals surface area contributed by atoms with E-state index in [9.17, 15) is 0 Å². The molecule has 14 heavy (non-hydrogen) atoms. The molecule has 3 heteroatoms. The minimum absolute atomic E-state index is 0.0519. The Balaban J connectivity index is 2.81. The maximum atomic E-state index is 5.84. The standard InChI is InChI=1S/C11H19BO2/c1-7-9(8-2)12-13-10(3,4)11(5,6)14-12/h7-9H,1-2H2,3-6H3. The summed E-state index contributed by atoms with van der Waals surface area (Å²) in [5, 5.41) is 0. The zero-order chi connectivity index (χ0) is 11.0. The van der Waals surface area contributed by atoms with Crippen molar-refractivity contribution in [3.8, 4) is 0 Å². The molecular formula is C11H19BO2. The molecule has 78 valence electrons. The van der Waals surface area contributed by atoms with Crippen LogP contribution in [0.1, 0.15) is 27.7 Å². The first kappa shape index (κ1) is 11.5. The summed E-state index contributed by atoms with van der Waals surface area (Å²) >= 11 is 0. The molecule has 0 aliphatic carbocycles. The van der Waals surface area contributed by atoms with Gasteiger partial charge in [-0.25, -0.2) is 0 Å². The van der Waals surface area contributed by atoms with Crippen LogP contribution in [0.15, 0.2) is 25.3 Å². The molecule has 1 rings (SSSR count). The fraction of sp³-hybridized carbons (Fsp3) is 0.636. The Hall–Kier alpha value is -0.535. The summed E-state index contributed by atoms with van der Waals surface area (Å²) in [6.45, 7) is 15.6. The Bertz CT molecular complexity index is 222. The lowest BCUT2D eigenvalue weighted by Crippen LogP contribution is -2.41. The van der Waals surface area contributed by atoms with Crippen LogP contribution in [0.25, 0.3) is 0 Å². The van der Waals surface area contributed by atoms with Crippen LogP contribution in [0.4, 0.5) is 0 Å². The molecule has 0 amide bonds. The summed E-state index contributed by atoms with van der Waals surface area (Å²) in [5.74, 6) is 0.0519. The lowest BCUT2D eigenvalue weighted by atomic mass is 9.72. The van der Waals surface area contributed by atoms with Crippen LogP contribution in [-0.4, -0.2) is 18.3 Å². The van der Waals surface area contributed by atoms with Gasteiger partial charge >= 0.3 is 7.12 Å². The topological polar surface area (TPSA) is 18.5 Å². The lowest BCUT2D eigenvalue weighted by molar-refractivity contribution is 0.00578. The molecule has 0 bridgehead atoms. The summed E-state index contributed by atoms with van der Waals surface area (Å²) in [6.07, 6.45) is 3.60. The van der Waals surface area contributed by atoms with Gasteiger partial charge in [-0.2, -0.15) is 0 Å². The summed E-state index contributed by atoms with van der Waals surface area (Å²) in [4.78, 5) is 0. The third kappa shape index (κ3) is 1.79. The largest absolute Gasteiger partial charge is 0.469 e. The van der Waals surface area contributed by atoms with E-state index in [1.807, 2.05) is 27.7 Å². The maximum Gasteiger partial charge on any atom is 0.469 e. The Morgan fingerprint density at radius 1 is 1.00 bits per heavy atom. The summed E-state index contributed by atoms with van der Waals surface area (Å²) in [6, 6.07) is 0. The molecule has 2 nitrogen and oxygen atoms in total. The number of hydrogen-bond donors (Lipinski definition) is 0. The molecule has 0 radical (unpaired) electrons. The van der Waals surface area contributed by atoms with Crippen molar-refractivity contribution >= 4 is 7.12 Å². The molecule has 0 atom stereocenters. The highest BCUT2D eigenvalue weighted by atomic mass is 16.7. The molecular weight excluding hydrogens is 175 g/mol. The van der Waals surface area contributed by atoms with Gasteiger partial charge in [0.15, 0.2) is 0 Å². The first-order chi connectivity index (χ1) is 6.34. The van der Waals surface area contributed by atoms with Gasteiger partial charge in [0.2, 0.25) is 0 Å². The van der Waals surface area contributed by atoms with E-state index in [0.717, 1.165) is 0 Å². The predicted molar refractivity (Wildman–Crippen MR) is 60.2 cm³/mol. The monoisotopic (exact) mass is 194 g/mol. The van der Waals surface area contributed by atoms with Crippen molar-refractivity contribution in [3.05, 3.63) is 25.3 Å². The molecule has 1 saturated heterocycles. The molecule has 0 N–H and O–H groups in total. The third-order valence-electron chi connectivity index (χ3n) is 3.13. The van der Waals surface area contributed by atoms with Gasteiger partial charge in [-0.05, 0) is 27.7 Å². The normalized spacial score (nSPS) is 23.9. The number of rotatable bonds is 3. The highest BCUT2D eigenvalue weighted by Crippen LogP contribution is 2.40. The third-order valence-corrected chi connectivity index (χ3v) is 3.13. The Morgan fingerprint density at radius 3 is 1.64 bits per heavy atom. The fourth-order valence-electron chi connectivity index (χ4n) is 1.36. The second kappa shape index (κ2) is 3.56. The average molecular weight is 194 g/mol. The highest BCUT2D eigenvalue weighted by molar-refractivity contribution is 6.48. The summed E-state index contributed by atoms with van der Waals surface area (Å²) in [5.41, 5.74) is -0.552. The smallest absolute Gasteiger partial charge is 0.403 e. The van der Waals surface area contributed by atoms with Crippen LogP contribution in [-0.2, 0) is 9.31 Å². The van der Waals surface area contributed by atoms with Crippen molar-refractivity contribution < 1.29 is 9.31 Å². The van der Waals surface area contributed by atoms with Crippen molar-refractivity contribution in [2.45, 2.75) is 44.7 Å². The first-order valence-corrected chi connectivity index (χ1v) is 4.95. The zero-order valence-corrected chi connectivity index (χ0v) is 9.54. The van der Waals surface area contributed by atoms with Crippen molar-refractivity contribution in [1.82, 2.24) is 0 Å². The molecule has 0 unspecified atom stereocenters. The molecule has 1 fully saturated rings. The summed E-state index contributed by atoms with van der Waals surface area (Å²) < 4.78 is 11.7. The van der Waals surface area contributed by atoms with E-state index < -0.39 is 0 Å². The second-order valence-corrected chi connectivity index (χ2v) is 4.67. The van der Waals surface area contributed by atoms with Crippen LogP contribution < -0.4 is 0 Å². The van der Waals surface area contributed by atoms with Crippen LogP contribution >= 0.6 is 0 Å². The molecule has 0 saturated carbocycles. The van der Waals surface area contributed by atoms with E-state index in [4.69, 9.17) is 9.31 Å². The van der Waals surface area contributed by atoms with E-state index in [1.54, 1.807) is 12.2 Å². The van der Waals surface area contributed by atoms with Gasteiger partial charge < -0.3 is 9.31 Å². The molecule has 0 aromatic carbocycles. The van der Waals surface area contributed by atoms with Gasteiger partial charge in [0, 0.05) is 5.82 Å². The van der Waals surface area contributed by atoms with Crippen LogP contribution in [0.5, 0.6) is 0 Å². The van der Waals surface area contributed by atoms with Gasteiger partial charge in [0.1, 0.15) is 0 Å². The van der Waals surface area contributed by atoms with Crippen LogP contribution in [0, 0.1) is 0 Å². The Kier molecular flexibility index (Phi) is 2.93. The SMILES string of the molecule is C=CC(C=C)B1OC(C)(C)C(C)(C)O1. The molecule has 1 aliphatic rings. The van der Waals surface area contributed by atoms with Gasteiger partial charge in [-0.15, -0.1) is 13.2 Å². The molecule has 1 aliphatic heterocycles. The second-order valence-electron chi connectivity index (χ2n) is 4.67. The quantitative estimate of drug-likeness (QED) is 0.508. The van der Waals surface area contributed by atoms with Gasteiger partial charge in [-0.1, -0.05) is 12.2 Å². The van der Waals surface area contributed by atoms with Crippen LogP contribution in [0.2, 0.25) is 5.82 Å². The Labute approximate surface area is 87.1 Å². The van der Waals surface area contributed by atoms with Gasteiger partial charge in [0.25, 0.3) is 0 Å². The lowest BCUT2D eigenvalue weighted by Gasteiger charge is -2.32. The minimum atomic E-state index is -0.276. The molecule has 0 aromatic rings. The van der Waals surface area contributed by atoms with E-state index in [-0.39, 0.29) is 24.1 Å². The fourth-order valence-corrected chi connectivity index (χ4v) is 1.36. The average Bonchev–Trinajstić information content (AvgIpc) is 2.23. The molecule has 1 heterocycles. The maximum absolute atomic E-state index is 5.84. The summed E-state index contributed by atoms with van der Waals surface area (Å²) in [7, 11) is -0.255. The van der Waals surface area contributed by atoms with E-state index in [1.165, 1.54) is 0 Å². The van der Waals surface area contributed by atoms with Gasteiger partial charge in [0.05, 0.1) is 11.2 Å². The number of hydrogen-bond acceptors (Lipinski definition) is 2. The first-order valence-electron chi connectivity index (χ1n) is 4.95. The molecule has 0 aromatic heterocycles. The predicted octanol–water partition coefficient (Wildman–Crippen LogP) is 2.82. The van der Waals surface area contributed by atoms with Crippen molar-refractivity contribution in [2.24, 2.45) is 0 Å². The Morgan fingerprint density at radius 2 is 1.36 bits per heavy atom. The minimum Gasteiger partial charge on any atom is -0.403 e. The van der Waals surface area contributed by atoms with E-state index >= 15 is 0 Å². The highest BCUT2D eigenvalue weighted by Gasteiger charge is 2.52. The van der Waals surface area contributed by atoms with Crippen molar-refractivity contribution in [1.29, 1.82) is 0 Å². The zero-order valence-electron chi connectivity index (χ0n) is 9.54. The van der Waals surface area contributed by atoms with E-state index in [0.29, 0.717) is 0 Å². The van der Waals surface area contributed by atoms with Gasteiger partial charge in [-0.3, -0.25) is 0 Å². The van der Waals surface area contributed by atoms with E-state index in [2.05, 4.69) is 13.2 Å². The van der Waals surface area contributed by atoms with Crippen molar-refractivity contribution in [2.75, 3.05) is 0 Å². The number of allylic oxidation sites excluding steroid dienone is 2. The molecule has 0 spiro atoms. The van der Waals surface area contributed by atoms with Crippen LogP contribution in [0.3, 0.4) is 0 Å².